The molecule has 1 aromatic carbocycles. The van der Waals surface area contributed by atoms with Gasteiger partial charge in [0, 0.05) is 17.3 Å². The molecule has 0 atom stereocenters. The number of hydrogen-bond donors (Lipinski definition) is 1. The lowest BCUT2D eigenvalue weighted by Gasteiger charge is -2.07. The van der Waals surface area contributed by atoms with Crippen molar-refractivity contribution in [3.63, 3.8) is 0 Å². The molecule has 2 rings (SSSR count). The summed E-state index contributed by atoms with van der Waals surface area (Å²) in [4.78, 5) is 2.63. The molecule has 1 N–H and O–H groups in total. The second-order valence-electron chi connectivity index (χ2n) is 3.29. The molecule has 2 aromatic rings. The number of pyridine rings is 1. The average Bonchev–Trinajstić information content (AvgIpc) is 2.30. The van der Waals surface area contributed by atoms with Crippen molar-refractivity contribution in [1.29, 1.82) is 0 Å². The molecule has 1 aromatic heterocycles. The minimum absolute atomic E-state index is 0.0462. The Morgan fingerprint density at radius 2 is 1.82 bits per heavy atom. The number of hydrogen-bond acceptors (Lipinski definition) is 1. The fourth-order valence-corrected chi connectivity index (χ4v) is 2.12. The number of halogens is 4. The van der Waals surface area contributed by atoms with Gasteiger partial charge in [0.25, 0.3) is 0 Å². The molecule has 0 fully saturated rings. The third-order valence-electron chi connectivity index (χ3n) is 2.20. The van der Waals surface area contributed by atoms with E-state index in [9.17, 15) is 4.39 Å². The second-order valence-corrected chi connectivity index (χ2v) is 4.86. The average molecular weight is 309 g/mol. The van der Waals surface area contributed by atoms with Crippen LogP contribution in [0, 0.1) is 10.5 Å². The monoisotopic (exact) mass is 307 g/mol. The summed E-state index contributed by atoms with van der Waals surface area (Å²) < 4.78 is 13.4. The number of aromatic amines is 1. The Labute approximate surface area is 117 Å². The summed E-state index contributed by atoms with van der Waals surface area (Å²) in [7, 11) is 0. The van der Waals surface area contributed by atoms with Gasteiger partial charge in [-0.15, -0.1) is 0 Å². The first kappa shape index (κ1) is 12.8. The topological polar surface area (TPSA) is 15.8 Å². The molecule has 0 spiro atoms. The van der Waals surface area contributed by atoms with Crippen LogP contribution in [-0.2, 0) is 0 Å². The van der Waals surface area contributed by atoms with E-state index in [2.05, 4.69) is 4.98 Å². The maximum Gasteiger partial charge on any atom is 0.158 e. The molecular weight excluding hydrogens is 304 g/mol. The van der Waals surface area contributed by atoms with Gasteiger partial charge in [-0.05, 0) is 12.1 Å². The number of nitrogens with one attached hydrogen (secondary N) is 1. The zero-order chi connectivity index (χ0) is 12.6. The van der Waals surface area contributed by atoms with Crippen LogP contribution in [0.3, 0.4) is 0 Å². The minimum Gasteiger partial charge on any atom is -0.350 e. The summed E-state index contributed by atoms with van der Waals surface area (Å²) in [5.74, 6) is -0.514. The molecule has 0 radical (unpaired) electrons. The van der Waals surface area contributed by atoms with Crippen molar-refractivity contribution in [3.8, 4) is 11.1 Å². The highest BCUT2D eigenvalue weighted by Gasteiger charge is 2.11. The van der Waals surface area contributed by atoms with Crippen LogP contribution in [-0.4, -0.2) is 4.98 Å². The summed E-state index contributed by atoms with van der Waals surface area (Å²) >= 11 is 22.5. The lowest BCUT2D eigenvalue weighted by molar-refractivity contribution is 0.617. The molecule has 0 unspecified atom stereocenters. The van der Waals surface area contributed by atoms with Gasteiger partial charge in [-0.2, -0.15) is 0 Å². The molecule has 0 saturated carbocycles. The van der Waals surface area contributed by atoms with Crippen LogP contribution in [0.4, 0.5) is 4.39 Å². The van der Waals surface area contributed by atoms with Crippen LogP contribution in [0.2, 0.25) is 15.1 Å². The zero-order valence-corrected chi connectivity index (χ0v) is 11.3. The summed E-state index contributed by atoms with van der Waals surface area (Å²) in [5.41, 5.74) is 1.14. The van der Waals surface area contributed by atoms with Crippen LogP contribution in [0.1, 0.15) is 0 Å². The Hall–Kier alpha value is -0.610. The van der Waals surface area contributed by atoms with Crippen LogP contribution >= 0.6 is 47.0 Å². The highest BCUT2D eigenvalue weighted by molar-refractivity contribution is 7.71. The molecule has 0 bridgehead atoms. The van der Waals surface area contributed by atoms with Gasteiger partial charge in [-0.1, -0.05) is 53.1 Å². The predicted molar refractivity (Wildman–Crippen MR) is 72.1 cm³/mol. The van der Waals surface area contributed by atoms with Crippen LogP contribution < -0.4 is 0 Å². The van der Waals surface area contributed by atoms with Crippen molar-refractivity contribution in [1.82, 2.24) is 4.98 Å². The Balaban J connectivity index is 2.65. The number of aromatic nitrogens is 1. The third kappa shape index (κ3) is 2.47. The van der Waals surface area contributed by atoms with Crippen LogP contribution in [0.15, 0.2) is 24.4 Å². The molecule has 0 saturated heterocycles. The predicted octanol–water partition coefficient (Wildman–Crippen LogP) is 5.51. The first-order valence-electron chi connectivity index (χ1n) is 4.53. The van der Waals surface area contributed by atoms with Crippen molar-refractivity contribution in [2.45, 2.75) is 0 Å². The van der Waals surface area contributed by atoms with Crippen molar-refractivity contribution in [2.24, 2.45) is 0 Å². The summed E-state index contributed by atoms with van der Waals surface area (Å²) in [6.07, 6.45) is 1.57. The molecule has 1 heterocycles. The Morgan fingerprint density at radius 3 is 2.47 bits per heavy atom. The quantitative estimate of drug-likeness (QED) is 0.542. The maximum absolute atomic E-state index is 13.3. The van der Waals surface area contributed by atoms with E-state index in [4.69, 9.17) is 47.0 Å². The van der Waals surface area contributed by atoms with E-state index in [1.165, 1.54) is 6.07 Å². The highest BCUT2D eigenvalue weighted by Crippen LogP contribution is 2.37. The Kier molecular flexibility index (Phi) is 3.73. The van der Waals surface area contributed by atoms with E-state index in [1.807, 2.05) is 0 Å². The molecule has 0 amide bonds. The maximum atomic E-state index is 13.3. The molecule has 1 nitrogen and oxygen atoms in total. The number of benzene rings is 1. The van der Waals surface area contributed by atoms with Gasteiger partial charge in [0.15, 0.2) is 5.82 Å². The normalized spacial score (nSPS) is 10.6. The van der Waals surface area contributed by atoms with Crippen molar-refractivity contribution < 1.29 is 4.39 Å². The highest BCUT2D eigenvalue weighted by atomic mass is 35.5. The van der Waals surface area contributed by atoms with Gasteiger partial charge in [-0.25, -0.2) is 4.39 Å². The summed E-state index contributed by atoms with van der Waals surface area (Å²) in [6, 6.07) is 4.57. The Bertz CT molecular complexity index is 639. The van der Waals surface area contributed by atoms with E-state index in [0.717, 1.165) is 0 Å². The number of H-pyrrole nitrogens is 1. The van der Waals surface area contributed by atoms with E-state index < -0.39 is 5.82 Å². The molecule has 17 heavy (non-hydrogen) atoms. The standard InChI is InChI=1S/C11H5Cl3FNS/c12-7-2-1-6(9(13)10(7)14)5-3-8(15)11(17)16-4-5/h1-4H,(H,16,17). The first-order valence-corrected chi connectivity index (χ1v) is 6.07. The molecule has 0 aliphatic carbocycles. The molecular formula is C11H5Cl3FNS. The van der Waals surface area contributed by atoms with Gasteiger partial charge in [0.05, 0.1) is 15.1 Å². The van der Waals surface area contributed by atoms with E-state index >= 15 is 0 Å². The largest absolute Gasteiger partial charge is 0.350 e. The van der Waals surface area contributed by atoms with E-state index in [0.29, 0.717) is 16.1 Å². The lowest BCUT2D eigenvalue weighted by atomic mass is 10.1. The summed E-state index contributed by atoms with van der Waals surface area (Å²) in [6.45, 7) is 0. The van der Waals surface area contributed by atoms with E-state index in [1.54, 1.807) is 18.3 Å². The van der Waals surface area contributed by atoms with Gasteiger partial charge in [0.1, 0.15) is 4.64 Å². The van der Waals surface area contributed by atoms with Gasteiger partial charge in [0.2, 0.25) is 0 Å². The summed E-state index contributed by atoms with van der Waals surface area (Å²) in [5, 5.41) is 0.877. The second kappa shape index (κ2) is 4.94. The SMILES string of the molecule is Fc1cc(-c2ccc(Cl)c(Cl)c2Cl)c[nH]c1=S. The van der Waals surface area contributed by atoms with Crippen molar-refractivity contribution in [3.05, 3.63) is 49.9 Å². The Morgan fingerprint density at radius 1 is 1.12 bits per heavy atom. The fraction of sp³-hybridized carbons (Fsp3) is 0. The lowest BCUT2D eigenvalue weighted by Crippen LogP contribution is -1.87. The molecule has 88 valence electrons. The number of rotatable bonds is 1. The zero-order valence-electron chi connectivity index (χ0n) is 8.23. The van der Waals surface area contributed by atoms with E-state index in [-0.39, 0.29) is 14.7 Å². The minimum atomic E-state index is -0.514. The first-order chi connectivity index (χ1) is 8.00. The van der Waals surface area contributed by atoms with Crippen LogP contribution in [0.25, 0.3) is 11.1 Å². The molecule has 0 aliphatic rings. The van der Waals surface area contributed by atoms with Crippen molar-refractivity contribution in [2.75, 3.05) is 0 Å². The van der Waals surface area contributed by atoms with Gasteiger partial charge >= 0.3 is 0 Å². The van der Waals surface area contributed by atoms with Crippen molar-refractivity contribution >= 4 is 47.0 Å². The van der Waals surface area contributed by atoms with Gasteiger partial charge in [-0.3, -0.25) is 0 Å². The smallest absolute Gasteiger partial charge is 0.158 e. The van der Waals surface area contributed by atoms with Crippen LogP contribution in [0.5, 0.6) is 0 Å². The van der Waals surface area contributed by atoms with Gasteiger partial charge < -0.3 is 4.98 Å². The third-order valence-corrected chi connectivity index (χ3v) is 3.81. The molecule has 6 heteroatoms. The molecule has 0 aliphatic heterocycles. The fourth-order valence-electron chi connectivity index (χ4n) is 1.36.